The SMILES string of the molecule is Cc1nn(C)cc1C(=O)N(CCC(=O)O)c1ccccc1. The number of hydrogen-bond donors (Lipinski definition) is 1. The highest BCUT2D eigenvalue weighted by atomic mass is 16.4. The maximum Gasteiger partial charge on any atom is 0.305 e. The first-order valence-electron chi connectivity index (χ1n) is 6.58. The average molecular weight is 287 g/mol. The van der Waals surface area contributed by atoms with E-state index in [1.54, 1.807) is 37.0 Å². The van der Waals surface area contributed by atoms with Crippen LogP contribution in [0.15, 0.2) is 36.5 Å². The molecule has 2 rings (SSSR count). The van der Waals surface area contributed by atoms with Gasteiger partial charge < -0.3 is 10.0 Å². The summed E-state index contributed by atoms with van der Waals surface area (Å²) in [6, 6.07) is 9.04. The van der Waals surface area contributed by atoms with Gasteiger partial charge in [-0.1, -0.05) is 18.2 Å². The summed E-state index contributed by atoms with van der Waals surface area (Å²) in [5.41, 5.74) is 1.78. The van der Waals surface area contributed by atoms with Gasteiger partial charge in [0.25, 0.3) is 5.91 Å². The number of carboxylic acids is 1. The lowest BCUT2D eigenvalue weighted by molar-refractivity contribution is -0.136. The first-order valence-corrected chi connectivity index (χ1v) is 6.58. The number of hydrogen-bond acceptors (Lipinski definition) is 3. The molecule has 0 radical (unpaired) electrons. The molecule has 21 heavy (non-hydrogen) atoms. The molecule has 0 aliphatic heterocycles. The molecule has 6 nitrogen and oxygen atoms in total. The zero-order valence-electron chi connectivity index (χ0n) is 12.0. The van der Waals surface area contributed by atoms with E-state index in [1.807, 2.05) is 18.2 Å². The van der Waals surface area contributed by atoms with Crippen LogP contribution in [0.1, 0.15) is 22.5 Å². The summed E-state index contributed by atoms with van der Waals surface area (Å²) in [7, 11) is 1.74. The Balaban J connectivity index is 2.32. The summed E-state index contributed by atoms with van der Waals surface area (Å²) in [5, 5.41) is 13.0. The molecule has 1 N–H and O–H groups in total. The Kier molecular flexibility index (Phi) is 4.37. The van der Waals surface area contributed by atoms with Crippen molar-refractivity contribution in [3.8, 4) is 0 Å². The van der Waals surface area contributed by atoms with Crippen molar-refractivity contribution in [3.05, 3.63) is 47.8 Å². The highest BCUT2D eigenvalue weighted by Gasteiger charge is 2.21. The lowest BCUT2D eigenvalue weighted by Gasteiger charge is -2.21. The van der Waals surface area contributed by atoms with Gasteiger partial charge in [-0.15, -0.1) is 0 Å². The minimum absolute atomic E-state index is 0.111. The Labute approximate surface area is 122 Å². The number of carbonyl (C=O) groups is 2. The van der Waals surface area contributed by atoms with Gasteiger partial charge in [-0.3, -0.25) is 14.3 Å². The first-order chi connectivity index (χ1) is 9.99. The Morgan fingerprint density at radius 3 is 2.48 bits per heavy atom. The summed E-state index contributed by atoms with van der Waals surface area (Å²) in [6.07, 6.45) is 1.54. The number of carboxylic acid groups (broad SMARTS) is 1. The normalized spacial score (nSPS) is 10.4. The Bertz CT molecular complexity index is 649. The standard InChI is InChI=1S/C15H17N3O3/c1-11-13(10-17(2)16-11)15(21)18(9-8-14(19)20)12-6-4-3-5-7-12/h3-7,10H,8-9H2,1-2H3,(H,19,20). The van der Waals surface area contributed by atoms with E-state index < -0.39 is 5.97 Å². The topological polar surface area (TPSA) is 75.4 Å². The van der Waals surface area contributed by atoms with E-state index in [4.69, 9.17) is 5.11 Å². The predicted octanol–water partition coefficient (Wildman–Crippen LogP) is 1.85. The summed E-state index contributed by atoms with van der Waals surface area (Å²) in [6.45, 7) is 1.88. The highest BCUT2D eigenvalue weighted by molar-refractivity contribution is 6.06. The third kappa shape index (κ3) is 3.47. The Morgan fingerprint density at radius 2 is 1.95 bits per heavy atom. The van der Waals surface area contributed by atoms with Crippen molar-refractivity contribution < 1.29 is 14.7 Å². The third-order valence-corrected chi connectivity index (χ3v) is 3.11. The lowest BCUT2D eigenvalue weighted by Crippen LogP contribution is -2.33. The van der Waals surface area contributed by atoms with Gasteiger partial charge in [0.1, 0.15) is 0 Å². The fraction of sp³-hybridized carbons (Fsp3) is 0.267. The maximum absolute atomic E-state index is 12.7. The van der Waals surface area contributed by atoms with Gasteiger partial charge in [0.2, 0.25) is 0 Å². The van der Waals surface area contributed by atoms with Crippen molar-refractivity contribution in [1.82, 2.24) is 9.78 Å². The van der Waals surface area contributed by atoms with Crippen molar-refractivity contribution in [2.75, 3.05) is 11.4 Å². The maximum atomic E-state index is 12.7. The van der Waals surface area contributed by atoms with Crippen molar-refractivity contribution >= 4 is 17.6 Å². The molecule has 1 aromatic heterocycles. The van der Waals surface area contributed by atoms with Crippen LogP contribution in [0.5, 0.6) is 0 Å². The molecule has 2 aromatic rings. The lowest BCUT2D eigenvalue weighted by atomic mass is 10.2. The molecule has 0 unspecified atom stereocenters. The number of aromatic nitrogens is 2. The molecule has 1 aromatic carbocycles. The van der Waals surface area contributed by atoms with E-state index in [2.05, 4.69) is 5.10 Å². The van der Waals surface area contributed by atoms with E-state index in [1.165, 1.54) is 4.90 Å². The molecule has 0 aliphatic carbocycles. The van der Waals surface area contributed by atoms with Gasteiger partial charge in [-0.25, -0.2) is 0 Å². The van der Waals surface area contributed by atoms with Crippen LogP contribution in [0.2, 0.25) is 0 Å². The summed E-state index contributed by atoms with van der Waals surface area (Å²) in [5.74, 6) is -1.18. The molecule has 110 valence electrons. The second-order valence-electron chi connectivity index (χ2n) is 4.74. The molecule has 1 amide bonds. The first kappa shape index (κ1) is 14.8. The zero-order valence-corrected chi connectivity index (χ0v) is 12.0. The summed E-state index contributed by atoms with van der Waals surface area (Å²) >= 11 is 0. The number of para-hydroxylation sites is 1. The molecule has 0 aliphatic rings. The Hall–Kier alpha value is -2.63. The van der Waals surface area contributed by atoms with Crippen molar-refractivity contribution in [1.29, 1.82) is 0 Å². The molecule has 0 fully saturated rings. The fourth-order valence-corrected chi connectivity index (χ4v) is 2.12. The average Bonchev–Trinajstić information content (AvgIpc) is 2.78. The van der Waals surface area contributed by atoms with Gasteiger partial charge >= 0.3 is 5.97 Å². The molecule has 0 atom stereocenters. The number of carbonyl (C=O) groups excluding carboxylic acids is 1. The van der Waals surface area contributed by atoms with Crippen LogP contribution in [0.25, 0.3) is 0 Å². The van der Waals surface area contributed by atoms with E-state index in [0.29, 0.717) is 16.9 Å². The number of rotatable bonds is 5. The van der Waals surface area contributed by atoms with Crippen LogP contribution in [-0.4, -0.2) is 33.3 Å². The van der Waals surface area contributed by atoms with Gasteiger partial charge in [0.05, 0.1) is 17.7 Å². The number of aliphatic carboxylic acids is 1. The quantitative estimate of drug-likeness (QED) is 0.910. The van der Waals surface area contributed by atoms with Crippen molar-refractivity contribution in [2.45, 2.75) is 13.3 Å². The van der Waals surface area contributed by atoms with Crippen LogP contribution >= 0.6 is 0 Å². The third-order valence-electron chi connectivity index (χ3n) is 3.11. The van der Waals surface area contributed by atoms with Gasteiger partial charge in [0, 0.05) is 25.5 Å². The zero-order chi connectivity index (χ0) is 15.4. The smallest absolute Gasteiger partial charge is 0.305 e. The number of amides is 1. The molecular formula is C15H17N3O3. The van der Waals surface area contributed by atoms with Crippen LogP contribution in [0.4, 0.5) is 5.69 Å². The van der Waals surface area contributed by atoms with Gasteiger partial charge in [0.15, 0.2) is 0 Å². The highest BCUT2D eigenvalue weighted by Crippen LogP contribution is 2.18. The van der Waals surface area contributed by atoms with E-state index >= 15 is 0 Å². The van der Waals surface area contributed by atoms with E-state index in [9.17, 15) is 9.59 Å². The van der Waals surface area contributed by atoms with Crippen LogP contribution < -0.4 is 4.90 Å². The number of nitrogens with zero attached hydrogens (tertiary/aromatic N) is 3. The van der Waals surface area contributed by atoms with Gasteiger partial charge in [-0.05, 0) is 19.1 Å². The predicted molar refractivity (Wildman–Crippen MR) is 78.3 cm³/mol. The number of aryl methyl sites for hydroxylation is 2. The monoisotopic (exact) mass is 287 g/mol. The molecule has 0 bridgehead atoms. The molecular weight excluding hydrogens is 270 g/mol. The van der Waals surface area contributed by atoms with Crippen LogP contribution in [0, 0.1) is 6.92 Å². The molecule has 6 heteroatoms. The van der Waals surface area contributed by atoms with Crippen LogP contribution in [0.3, 0.4) is 0 Å². The van der Waals surface area contributed by atoms with E-state index in [0.717, 1.165) is 0 Å². The number of benzene rings is 1. The molecule has 0 saturated heterocycles. The second-order valence-corrected chi connectivity index (χ2v) is 4.74. The minimum atomic E-state index is -0.938. The number of anilines is 1. The van der Waals surface area contributed by atoms with Crippen LogP contribution in [-0.2, 0) is 11.8 Å². The molecule has 0 spiro atoms. The van der Waals surface area contributed by atoms with Gasteiger partial charge in [-0.2, -0.15) is 5.10 Å². The molecule has 0 saturated carbocycles. The Morgan fingerprint density at radius 1 is 1.29 bits per heavy atom. The van der Waals surface area contributed by atoms with Crippen molar-refractivity contribution in [2.24, 2.45) is 7.05 Å². The van der Waals surface area contributed by atoms with E-state index in [-0.39, 0.29) is 18.9 Å². The summed E-state index contributed by atoms with van der Waals surface area (Å²) < 4.78 is 1.57. The molecule has 1 heterocycles. The largest absolute Gasteiger partial charge is 0.481 e. The minimum Gasteiger partial charge on any atom is -0.481 e. The fourth-order valence-electron chi connectivity index (χ4n) is 2.12. The second kappa shape index (κ2) is 6.21. The van der Waals surface area contributed by atoms with Crippen molar-refractivity contribution in [3.63, 3.8) is 0 Å². The summed E-state index contributed by atoms with van der Waals surface area (Å²) in [4.78, 5) is 25.0.